The summed E-state index contributed by atoms with van der Waals surface area (Å²) >= 11 is 0. The van der Waals surface area contributed by atoms with Crippen molar-refractivity contribution in [1.29, 1.82) is 0 Å². The fourth-order valence-corrected chi connectivity index (χ4v) is 0.770. The predicted molar refractivity (Wildman–Crippen MR) is 47.2 cm³/mol. The molecule has 0 aliphatic heterocycles. The van der Waals surface area contributed by atoms with Crippen LogP contribution in [0.15, 0.2) is 0 Å². The second-order valence-corrected chi connectivity index (χ2v) is 2.76. The molecule has 0 aromatic rings. The second-order valence-electron chi connectivity index (χ2n) is 2.76. The molecule has 12 heavy (non-hydrogen) atoms. The van der Waals surface area contributed by atoms with E-state index < -0.39 is 0 Å². The van der Waals surface area contributed by atoms with Gasteiger partial charge in [0.05, 0.1) is 6.10 Å². The zero-order valence-corrected chi connectivity index (χ0v) is 8.13. The van der Waals surface area contributed by atoms with Gasteiger partial charge in [0.15, 0.2) is 5.78 Å². The van der Waals surface area contributed by atoms with Crippen molar-refractivity contribution in [3.63, 3.8) is 0 Å². The maximum atomic E-state index is 11.0. The standard InChI is InChI=1S/C9H18O3/c1-4-12-7-9(10)6-5-8(2)11-3/h8H,4-7H2,1-3H3. The van der Waals surface area contributed by atoms with Crippen molar-refractivity contribution in [3.8, 4) is 0 Å². The quantitative estimate of drug-likeness (QED) is 0.585. The van der Waals surface area contributed by atoms with Gasteiger partial charge in [-0.3, -0.25) is 4.79 Å². The summed E-state index contributed by atoms with van der Waals surface area (Å²) < 4.78 is 9.98. The molecule has 1 unspecified atom stereocenters. The summed E-state index contributed by atoms with van der Waals surface area (Å²) in [6.07, 6.45) is 1.49. The zero-order valence-electron chi connectivity index (χ0n) is 8.13. The summed E-state index contributed by atoms with van der Waals surface area (Å²) in [5, 5.41) is 0. The monoisotopic (exact) mass is 174 g/mol. The van der Waals surface area contributed by atoms with E-state index in [0.717, 1.165) is 6.42 Å². The van der Waals surface area contributed by atoms with E-state index in [2.05, 4.69) is 0 Å². The van der Waals surface area contributed by atoms with Crippen molar-refractivity contribution in [2.75, 3.05) is 20.3 Å². The zero-order chi connectivity index (χ0) is 9.40. The average Bonchev–Trinajstić information content (AvgIpc) is 2.10. The fourth-order valence-electron chi connectivity index (χ4n) is 0.770. The first-order valence-corrected chi connectivity index (χ1v) is 4.33. The number of carbonyl (C=O) groups is 1. The molecule has 1 atom stereocenters. The molecule has 0 amide bonds. The lowest BCUT2D eigenvalue weighted by Crippen LogP contribution is -2.12. The van der Waals surface area contributed by atoms with Crippen molar-refractivity contribution in [1.82, 2.24) is 0 Å². The van der Waals surface area contributed by atoms with Crippen LogP contribution in [-0.2, 0) is 14.3 Å². The minimum absolute atomic E-state index is 0.153. The van der Waals surface area contributed by atoms with Gasteiger partial charge in [-0.05, 0) is 20.3 Å². The minimum Gasteiger partial charge on any atom is -0.382 e. The van der Waals surface area contributed by atoms with E-state index in [1.807, 2.05) is 13.8 Å². The number of methoxy groups -OCH3 is 1. The van der Waals surface area contributed by atoms with E-state index in [-0.39, 0.29) is 18.5 Å². The first kappa shape index (κ1) is 11.6. The molecule has 0 N–H and O–H groups in total. The molecule has 0 aromatic heterocycles. The molecule has 3 nitrogen and oxygen atoms in total. The van der Waals surface area contributed by atoms with Crippen molar-refractivity contribution < 1.29 is 14.3 Å². The van der Waals surface area contributed by atoms with Gasteiger partial charge in [0, 0.05) is 20.1 Å². The predicted octanol–water partition coefficient (Wildman–Crippen LogP) is 1.41. The highest BCUT2D eigenvalue weighted by molar-refractivity contribution is 5.79. The van der Waals surface area contributed by atoms with Crippen molar-refractivity contribution in [2.24, 2.45) is 0 Å². The van der Waals surface area contributed by atoms with Gasteiger partial charge in [-0.2, -0.15) is 0 Å². The number of hydrogen-bond acceptors (Lipinski definition) is 3. The van der Waals surface area contributed by atoms with Gasteiger partial charge in [-0.1, -0.05) is 0 Å². The third-order valence-corrected chi connectivity index (χ3v) is 1.70. The van der Waals surface area contributed by atoms with Gasteiger partial charge in [0.2, 0.25) is 0 Å². The molecule has 0 bridgehead atoms. The molecule has 0 heterocycles. The van der Waals surface area contributed by atoms with Crippen LogP contribution in [0.25, 0.3) is 0 Å². The number of hydrogen-bond donors (Lipinski definition) is 0. The van der Waals surface area contributed by atoms with Gasteiger partial charge >= 0.3 is 0 Å². The Balaban J connectivity index is 3.31. The second kappa shape index (κ2) is 7.25. The van der Waals surface area contributed by atoms with E-state index in [1.54, 1.807) is 7.11 Å². The van der Waals surface area contributed by atoms with E-state index >= 15 is 0 Å². The molecule has 3 heteroatoms. The van der Waals surface area contributed by atoms with Gasteiger partial charge < -0.3 is 9.47 Å². The highest BCUT2D eigenvalue weighted by atomic mass is 16.5. The molecule has 0 spiro atoms. The fraction of sp³-hybridized carbons (Fsp3) is 0.889. The Kier molecular flexibility index (Phi) is 7.00. The topological polar surface area (TPSA) is 35.5 Å². The maximum absolute atomic E-state index is 11.0. The number of Topliss-reactive ketones (excluding diaryl/α,β-unsaturated/α-hetero) is 1. The van der Waals surface area contributed by atoms with Crippen LogP contribution in [0.5, 0.6) is 0 Å². The van der Waals surface area contributed by atoms with E-state index in [0.29, 0.717) is 13.0 Å². The third-order valence-electron chi connectivity index (χ3n) is 1.70. The summed E-state index contributed by atoms with van der Waals surface area (Å²) in [5.74, 6) is 0.153. The van der Waals surface area contributed by atoms with Gasteiger partial charge in [-0.15, -0.1) is 0 Å². The molecule has 0 aliphatic rings. The third kappa shape index (κ3) is 6.31. The Morgan fingerprint density at radius 1 is 1.50 bits per heavy atom. The van der Waals surface area contributed by atoms with Crippen molar-refractivity contribution in [2.45, 2.75) is 32.8 Å². The van der Waals surface area contributed by atoms with Crippen LogP contribution in [0.4, 0.5) is 0 Å². The highest BCUT2D eigenvalue weighted by Crippen LogP contribution is 2.00. The van der Waals surface area contributed by atoms with E-state index in [9.17, 15) is 4.79 Å². The first-order valence-electron chi connectivity index (χ1n) is 4.33. The van der Waals surface area contributed by atoms with Crippen LogP contribution < -0.4 is 0 Å². The molecular weight excluding hydrogens is 156 g/mol. The molecule has 72 valence electrons. The van der Waals surface area contributed by atoms with Crippen LogP contribution in [0.1, 0.15) is 26.7 Å². The summed E-state index contributed by atoms with van der Waals surface area (Å²) in [6.45, 7) is 4.68. The Bertz CT molecular complexity index is 123. The van der Waals surface area contributed by atoms with Gasteiger partial charge in [0.1, 0.15) is 6.61 Å². The Morgan fingerprint density at radius 3 is 2.67 bits per heavy atom. The first-order chi connectivity index (χ1) is 5.70. The highest BCUT2D eigenvalue weighted by Gasteiger charge is 2.05. The van der Waals surface area contributed by atoms with Gasteiger partial charge in [0.25, 0.3) is 0 Å². The van der Waals surface area contributed by atoms with Crippen LogP contribution in [0.3, 0.4) is 0 Å². The Morgan fingerprint density at radius 2 is 2.17 bits per heavy atom. The number of rotatable bonds is 7. The summed E-state index contributed by atoms with van der Waals surface area (Å²) in [6, 6.07) is 0. The minimum atomic E-state index is 0.153. The molecule has 0 saturated heterocycles. The molecule has 0 saturated carbocycles. The Hall–Kier alpha value is -0.410. The van der Waals surface area contributed by atoms with Crippen LogP contribution in [0, 0.1) is 0 Å². The molecule has 0 fully saturated rings. The lowest BCUT2D eigenvalue weighted by molar-refractivity contribution is -0.124. The summed E-state index contributed by atoms with van der Waals surface area (Å²) in [4.78, 5) is 11.0. The van der Waals surface area contributed by atoms with Gasteiger partial charge in [-0.25, -0.2) is 0 Å². The largest absolute Gasteiger partial charge is 0.382 e. The number of ketones is 1. The van der Waals surface area contributed by atoms with E-state index in [4.69, 9.17) is 9.47 Å². The maximum Gasteiger partial charge on any atom is 0.158 e. The molecular formula is C9H18O3. The molecule has 0 aromatic carbocycles. The lowest BCUT2D eigenvalue weighted by Gasteiger charge is -2.07. The van der Waals surface area contributed by atoms with Crippen molar-refractivity contribution >= 4 is 5.78 Å². The Labute approximate surface area is 74.0 Å². The van der Waals surface area contributed by atoms with Crippen LogP contribution >= 0.6 is 0 Å². The molecule has 0 aliphatic carbocycles. The van der Waals surface area contributed by atoms with Crippen LogP contribution in [-0.4, -0.2) is 32.2 Å². The SMILES string of the molecule is CCOCC(=O)CCC(C)OC. The molecule has 0 radical (unpaired) electrons. The average molecular weight is 174 g/mol. The van der Waals surface area contributed by atoms with Crippen molar-refractivity contribution in [3.05, 3.63) is 0 Å². The smallest absolute Gasteiger partial charge is 0.158 e. The van der Waals surface area contributed by atoms with E-state index in [1.165, 1.54) is 0 Å². The lowest BCUT2D eigenvalue weighted by atomic mass is 10.1. The normalized spacial score (nSPS) is 12.9. The number of carbonyl (C=O) groups excluding carboxylic acids is 1. The van der Waals surface area contributed by atoms with Crippen LogP contribution in [0.2, 0.25) is 0 Å². The molecule has 0 rings (SSSR count). The summed E-state index contributed by atoms with van der Waals surface area (Å²) in [5.41, 5.74) is 0. The summed E-state index contributed by atoms with van der Waals surface area (Å²) in [7, 11) is 1.65. The number of ether oxygens (including phenoxy) is 2.